The molecule has 0 atom stereocenters. The number of aromatic nitrogens is 2. The lowest BCUT2D eigenvalue weighted by Gasteiger charge is -2.12. The molecule has 1 N–H and O–H groups in total. The minimum Gasteiger partial charge on any atom is -0.490 e. The van der Waals surface area contributed by atoms with Gasteiger partial charge >= 0.3 is 0 Å². The second-order valence-electron chi connectivity index (χ2n) is 4.09. The Kier molecular flexibility index (Phi) is 4.18. The van der Waals surface area contributed by atoms with Gasteiger partial charge in [0.25, 0.3) is 5.56 Å². The van der Waals surface area contributed by atoms with Gasteiger partial charge in [-0.1, -0.05) is 30.3 Å². The standard InChI is InChI=1S/C14H17N3O2/c1-3-19-12-9-13(18)17(2)16-14(12)15-10-11-7-5-4-6-8-11/h4-9H,3,10H2,1-2H3,(H,15,16). The summed E-state index contributed by atoms with van der Waals surface area (Å²) in [6, 6.07) is 11.4. The predicted octanol–water partition coefficient (Wildman–Crippen LogP) is 1.79. The van der Waals surface area contributed by atoms with Crippen LogP contribution < -0.4 is 15.6 Å². The summed E-state index contributed by atoms with van der Waals surface area (Å²) in [5.74, 6) is 1.06. The molecule has 5 nitrogen and oxygen atoms in total. The van der Waals surface area contributed by atoms with Crippen LogP contribution in [-0.4, -0.2) is 16.4 Å². The molecule has 100 valence electrons. The van der Waals surface area contributed by atoms with Crippen LogP contribution in [0.5, 0.6) is 5.75 Å². The number of benzene rings is 1. The van der Waals surface area contributed by atoms with Crippen molar-refractivity contribution in [3.8, 4) is 5.75 Å². The van der Waals surface area contributed by atoms with Gasteiger partial charge in [-0.25, -0.2) is 4.68 Å². The second kappa shape index (κ2) is 6.04. The molecule has 0 saturated carbocycles. The molecule has 1 aromatic heterocycles. The van der Waals surface area contributed by atoms with Crippen molar-refractivity contribution in [2.75, 3.05) is 11.9 Å². The van der Waals surface area contributed by atoms with Gasteiger partial charge in [0, 0.05) is 13.6 Å². The molecule has 0 aliphatic rings. The topological polar surface area (TPSA) is 56.2 Å². The van der Waals surface area contributed by atoms with E-state index in [1.807, 2.05) is 37.3 Å². The molecule has 0 spiro atoms. The van der Waals surface area contributed by atoms with Crippen LogP contribution in [0.15, 0.2) is 41.2 Å². The van der Waals surface area contributed by atoms with Gasteiger partial charge in [-0.05, 0) is 12.5 Å². The molecule has 19 heavy (non-hydrogen) atoms. The molecule has 0 amide bonds. The molecule has 2 aromatic rings. The van der Waals surface area contributed by atoms with E-state index in [1.165, 1.54) is 10.7 Å². The van der Waals surface area contributed by atoms with Crippen LogP contribution >= 0.6 is 0 Å². The monoisotopic (exact) mass is 259 g/mol. The summed E-state index contributed by atoms with van der Waals surface area (Å²) in [7, 11) is 1.62. The molecule has 0 aliphatic carbocycles. The Balaban J connectivity index is 2.19. The number of aryl methyl sites for hydroxylation is 1. The summed E-state index contributed by atoms with van der Waals surface area (Å²) >= 11 is 0. The quantitative estimate of drug-likeness (QED) is 0.889. The van der Waals surface area contributed by atoms with Crippen molar-refractivity contribution < 1.29 is 4.74 Å². The van der Waals surface area contributed by atoms with Gasteiger partial charge < -0.3 is 10.1 Å². The van der Waals surface area contributed by atoms with E-state index in [2.05, 4.69) is 10.4 Å². The van der Waals surface area contributed by atoms with Crippen molar-refractivity contribution in [3.05, 3.63) is 52.3 Å². The van der Waals surface area contributed by atoms with Crippen LogP contribution in [0.3, 0.4) is 0 Å². The van der Waals surface area contributed by atoms with E-state index in [-0.39, 0.29) is 5.56 Å². The number of hydrogen-bond donors (Lipinski definition) is 1. The van der Waals surface area contributed by atoms with Crippen molar-refractivity contribution in [3.63, 3.8) is 0 Å². The molecule has 0 fully saturated rings. The van der Waals surface area contributed by atoms with Gasteiger partial charge in [0.1, 0.15) is 0 Å². The van der Waals surface area contributed by atoms with Crippen LogP contribution in [0, 0.1) is 0 Å². The summed E-state index contributed by atoms with van der Waals surface area (Å²) in [6.07, 6.45) is 0. The van der Waals surface area contributed by atoms with Gasteiger partial charge in [-0.15, -0.1) is 5.10 Å². The third kappa shape index (κ3) is 3.34. The summed E-state index contributed by atoms with van der Waals surface area (Å²) in [4.78, 5) is 11.5. The maximum atomic E-state index is 11.5. The minimum atomic E-state index is -0.186. The van der Waals surface area contributed by atoms with Crippen LogP contribution in [0.25, 0.3) is 0 Å². The zero-order valence-electron chi connectivity index (χ0n) is 11.1. The van der Waals surface area contributed by atoms with Gasteiger partial charge in [0.2, 0.25) is 0 Å². The first kappa shape index (κ1) is 13.1. The highest BCUT2D eigenvalue weighted by atomic mass is 16.5. The molecule has 0 aliphatic heterocycles. The van der Waals surface area contributed by atoms with Crippen LogP contribution in [-0.2, 0) is 13.6 Å². The molecule has 0 unspecified atom stereocenters. The Labute approximate surface area is 111 Å². The third-order valence-corrected chi connectivity index (χ3v) is 2.66. The van der Waals surface area contributed by atoms with Crippen molar-refractivity contribution in [1.29, 1.82) is 0 Å². The molecule has 2 rings (SSSR count). The van der Waals surface area contributed by atoms with E-state index in [1.54, 1.807) is 7.05 Å². The summed E-state index contributed by atoms with van der Waals surface area (Å²) < 4.78 is 6.71. The Hall–Kier alpha value is -2.30. The lowest BCUT2D eigenvalue weighted by atomic mass is 10.2. The first-order valence-corrected chi connectivity index (χ1v) is 6.19. The molecule has 0 bridgehead atoms. The molecule has 0 saturated heterocycles. The number of anilines is 1. The van der Waals surface area contributed by atoms with Crippen molar-refractivity contribution in [2.45, 2.75) is 13.5 Å². The second-order valence-corrected chi connectivity index (χ2v) is 4.09. The van der Waals surface area contributed by atoms with Crippen molar-refractivity contribution in [1.82, 2.24) is 9.78 Å². The number of rotatable bonds is 5. The van der Waals surface area contributed by atoms with Crippen LogP contribution in [0.1, 0.15) is 12.5 Å². The van der Waals surface area contributed by atoms with E-state index >= 15 is 0 Å². The maximum Gasteiger partial charge on any atom is 0.270 e. The molecule has 1 aromatic carbocycles. The number of nitrogens with one attached hydrogen (secondary N) is 1. The summed E-state index contributed by atoms with van der Waals surface area (Å²) in [6.45, 7) is 3.00. The first-order valence-electron chi connectivity index (χ1n) is 6.19. The van der Waals surface area contributed by atoms with Gasteiger partial charge in [-0.3, -0.25) is 4.79 Å². The maximum absolute atomic E-state index is 11.5. The molecular formula is C14H17N3O2. The van der Waals surface area contributed by atoms with E-state index in [0.29, 0.717) is 24.7 Å². The fourth-order valence-electron chi connectivity index (χ4n) is 1.69. The zero-order valence-corrected chi connectivity index (χ0v) is 11.1. The largest absolute Gasteiger partial charge is 0.490 e. The molecule has 0 radical (unpaired) electrons. The lowest BCUT2D eigenvalue weighted by Crippen LogP contribution is -2.21. The van der Waals surface area contributed by atoms with Gasteiger partial charge in [0.15, 0.2) is 11.6 Å². The smallest absolute Gasteiger partial charge is 0.270 e. The van der Waals surface area contributed by atoms with Crippen LogP contribution in [0.2, 0.25) is 0 Å². The van der Waals surface area contributed by atoms with Crippen molar-refractivity contribution >= 4 is 5.82 Å². The van der Waals surface area contributed by atoms with Gasteiger partial charge in [-0.2, -0.15) is 0 Å². The molecular weight excluding hydrogens is 242 g/mol. The zero-order chi connectivity index (χ0) is 13.7. The highest BCUT2D eigenvalue weighted by Crippen LogP contribution is 2.19. The highest BCUT2D eigenvalue weighted by molar-refractivity contribution is 5.48. The van der Waals surface area contributed by atoms with Crippen LogP contribution in [0.4, 0.5) is 5.82 Å². The Morgan fingerprint density at radius 2 is 2.05 bits per heavy atom. The molecule has 1 heterocycles. The van der Waals surface area contributed by atoms with E-state index in [9.17, 15) is 4.79 Å². The lowest BCUT2D eigenvalue weighted by molar-refractivity contribution is 0.338. The van der Waals surface area contributed by atoms with Gasteiger partial charge in [0.05, 0.1) is 12.7 Å². The normalized spacial score (nSPS) is 10.2. The fourth-order valence-corrected chi connectivity index (χ4v) is 1.69. The molecule has 5 heteroatoms. The minimum absolute atomic E-state index is 0.186. The predicted molar refractivity (Wildman–Crippen MR) is 74.4 cm³/mol. The fraction of sp³-hybridized carbons (Fsp3) is 0.286. The third-order valence-electron chi connectivity index (χ3n) is 2.66. The Morgan fingerprint density at radius 3 is 2.74 bits per heavy atom. The highest BCUT2D eigenvalue weighted by Gasteiger charge is 2.08. The van der Waals surface area contributed by atoms with E-state index in [0.717, 1.165) is 5.56 Å². The van der Waals surface area contributed by atoms with Crippen molar-refractivity contribution in [2.24, 2.45) is 7.05 Å². The summed E-state index contributed by atoms with van der Waals surface area (Å²) in [5, 5.41) is 7.36. The Bertz CT molecular complexity index is 593. The SMILES string of the molecule is CCOc1cc(=O)n(C)nc1NCc1ccccc1. The Morgan fingerprint density at radius 1 is 1.32 bits per heavy atom. The summed E-state index contributed by atoms with van der Waals surface area (Å²) in [5.41, 5.74) is 0.953. The average molecular weight is 259 g/mol. The number of hydrogen-bond acceptors (Lipinski definition) is 4. The average Bonchev–Trinajstić information content (AvgIpc) is 2.42. The number of nitrogens with zero attached hydrogens (tertiary/aromatic N) is 2. The van der Waals surface area contributed by atoms with E-state index < -0.39 is 0 Å². The first-order chi connectivity index (χ1) is 9.20. The number of ether oxygens (including phenoxy) is 1. The van der Waals surface area contributed by atoms with E-state index in [4.69, 9.17) is 4.74 Å².